The van der Waals surface area contributed by atoms with Crippen molar-refractivity contribution >= 4 is 11.6 Å². The van der Waals surface area contributed by atoms with Gasteiger partial charge in [0.15, 0.2) is 12.1 Å². The molecule has 2 aromatic carbocycles. The van der Waals surface area contributed by atoms with Gasteiger partial charge < -0.3 is 9.47 Å². The van der Waals surface area contributed by atoms with Gasteiger partial charge in [-0.05, 0) is 60.5 Å². The topological polar surface area (TPSA) is 69.6 Å². The number of alkyl halides is 6. The van der Waals surface area contributed by atoms with E-state index < -0.39 is 53.9 Å². The van der Waals surface area contributed by atoms with Gasteiger partial charge in [-0.1, -0.05) is 0 Å². The predicted octanol–water partition coefficient (Wildman–Crippen LogP) is 4.77. The molecule has 0 spiro atoms. The molecule has 3 aliphatic rings. The van der Waals surface area contributed by atoms with Crippen LogP contribution in [0.5, 0.6) is 0 Å². The molecule has 222 valence electrons. The Morgan fingerprint density at radius 1 is 0.951 bits per heavy atom. The molecule has 0 saturated carbocycles. The zero-order valence-corrected chi connectivity index (χ0v) is 21.6. The summed E-state index contributed by atoms with van der Waals surface area (Å²) < 4.78 is 107. The van der Waals surface area contributed by atoms with Crippen molar-refractivity contribution in [1.82, 2.24) is 15.3 Å². The monoisotopic (exact) mass is 588 g/mol. The number of ether oxygens (including phenoxy) is 2. The van der Waals surface area contributed by atoms with Gasteiger partial charge in [0.25, 0.3) is 0 Å². The van der Waals surface area contributed by atoms with Crippen molar-refractivity contribution in [2.24, 2.45) is 10.9 Å². The van der Waals surface area contributed by atoms with E-state index in [0.717, 1.165) is 5.06 Å². The van der Waals surface area contributed by atoms with E-state index in [4.69, 9.17) is 9.47 Å². The molecule has 0 amide bonds. The average molecular weight is 589 g/mol. The molecular formula is C27H27F7N4O3. The number of fused-ring (bicyclic) bond motifs is 1. The number of morpholine rings is 1. The van der Waals surface area contributed by atoms with Crippen LogP contribution in [-0.4, -0.2) is 72.9 Å². The summed E-state index contributed by atoms with van der Waals surface area (Å²) in [6.07, 6.45) is -9.62. The van der Waals surface area contributed by atoms with Gasteiger partial charge in [0.05, 0.1) is 48.7 Å². The summed E-state index contributed by atoms with van der Waals surface area (Å²) in [7, 11) is 0. The van der Waals surface area contributed by atoms with Gasteiger partial charge in [0, 0.05) is 25.2 Å². The lowest BCUT2D eigenvalue weighted by molar-refractivity contribution is -0.143. The van der Waals surface area contributed by atoms with Gasteiger partial charge in [0.1, 0.15) is 5.82 Å². The Hall–Kier alpha value is -3.20. The summed E-state index contributed by atoms with van der Waals surface area (Å²) in [6, 6.07) is 5.45. The van der Waals surface area contributed by atoms with E-state index in [9.17, 15) is 35.9 Å². The summed E-state index contributed by atoms with van der Waals surface area (Å²) in [5.41, 5.74) is -2.67. The molecule has 5 rings (SSSR count). The number of benzene rings is 2. The Labute approximate surface area is 230 Å². The number of hydroxylamine groups is 2. The Morgan fingerprint density at radius 3 is 2.20 bits per heavy atom. The first kappa shape index (κ1) is 29.3. The maximum atomic E-state index is 13.8. The maximum absolute atomic E-state index is 13.8. The van der Waals surface area contributed by atoms with Gasteiger partial charge in [-0.15, -0.1) is 0 Å². The van der Waals surface area contributed by atoms with Crippen LogP contribution in [0.25, 0.3) is 5.70 Å². The van der Waals surface area contributed by atoms with Crippen LogP contribution in [0.1, 0.15) is 22.3 Å². The third-order valence-corrected chi connectivity index (χ3v) is 7.23. The lowest BCUT2D eigenvalue weighted by Crippen LogP contribution is -2.54. The summed E-state index contributed by atoms with van der Waals surface area (Å²) in [5.74, 6) is -1.08. The van der Waals surface area contributed by atoms with Crippen LogP contribution in [0.3, 0.4) is 0 Å². The van der Waals surface area contributed by atoms with Crippen LogP contribution in [0.15, 0.2) is 53.5 Å². The van der Waals surface area contributed by atoms with Crippen molar-refractivity contribution in [2.45, 2.75) is 31.0 Å². The quantitative estimate of drug-likeness (QED) is 0.502. The normalized spacial score (nSPS) is 24.5. The van der Waals surface area contributed by atoms with Gasteiger partial charge >= 0.3 is 12.4 Å². The van der Waals surface area contributed by atoms with E-state index in [1.54, 1.807) is 6.08 Å². The average Bonchev–Trinajstić information content (AvgIpc) is 2.93. The smallest absolute Gasteiger partial charge is 0.416 e. The van der Waals surface area contributed by atoms with Crippen molar-refractivity contribution in [1.29, 1.82) is 0 Å². The van der Waals surface area contributed by atoms with Crippen LogP contribution in [-0.2, 0) is 28.2 Å². The van der Waals surface area contributed by atoms with Crippen molar-refractivity contribution in [2.75, 3.05) is 39.5 Å². The first-order chi connectivity index (χ1) is 19.4. The molecule has 1 saturated heterocycles. The SMILES string of the molecule is ON1C(c2ccc(F)cc2)=CC(N2CCOCC2)OC2=NCNCC2C1Cc1cc(C(F)(F)F)cc(C(F)(F)F)c1. The lowest BCUT2D eigenvalue weighted by atomic mass is 9.89. The minimum absolute atomic E-state index is 0.0628. The molecule has 3 heterocycles. The highest BCUT2D eigenvalue weighted by atomic mass is 19.4. The predicted molar refractivity (Wildman–Crippen MR) is 133 cm³/mol. The molecule has 2 aromatic rings. The summed E-state index contributed by atoms with van der Waals surface area (Å²) in [5, 5.41) is 15.5. The fourth-order valence-corrected chi connectivity index (χ4v) is 5.17. The number of halogens is 7. The largest absolute Gasteiger partial charge is 0.458 e. The molecule has 2 N–H and O–H groups in total. The molecule has 1 fully saturated rings. The Balaban J connectivity index is 1.61. The summed E-state index contributed by atoms with van der Waals surface area (Å²) >= 11 is 0. The van der Waals surface area contributed by atoms with Gasteiger partial charge in [-0.3, -0.25) is 20.5 Å². The van der Waals surface area contributed by atoms with Crippen LogP contribution < -0.4 is 5.32 Å². The standard InChI is InChI=1S/C27H27F7N4O3/c28-20-3-1-17(2-4-20)22-13-24(37-5-7-40-8-6-37)41-25-21(14-35-15-36-25)23(38(22)39)11-16-9-18(26(29,30)31)12-19(10-16)27(32,33)34/h1-4,9-10,12-13,21,23-24,35,39H,5-8,11,14-15H2. The molecule has 0 radical (unpaired) electrons. The molecule has 0 aliphatic carbocycles. The second-order valence-electron chi connectivity index (χ2n) is 9.96. The van der Waals surface area contributed by atoms with Gasteiger partial charge in [-0.2, -0.15) is 26.3 Å². The molecule has 0 bridgehead atoms. The zero-order valence-electron chi connectivity index (χ0n) is 21.6. The first-order valence-electron chi connectivity index (χ1n) is 12.9. The fourth-order valence-electron chi connectivity index (χ4n) is 5.17. The molecule has 3 aliphatic heterocycles. The fraction of sp³-hybridized carbons (Fsp3) is 0.444. The third kappa shape index (κ3) is 6.66. The van der Waals surface area contributed by atoms with E-state index in [2.05, 4.69) is 10.3 Å². The molecule has 14 heteroatoms. The molecule has 0 aromatic heterocycles. The molecule has 41 heavy (non-hydrogen) atoms. The summed E-state index contributed by atoms with van der Waals surface area (Å²) in [6.45, 7) is 2.20. The van der Waals surface area contributed by atoms with Crippen molar-refractivity contribution in [3.05, 3.63) is 76.6 Å². The highest BCUT2D eigenvalue weighted by molar-refractivity contribution is 5.82. The van der Waals surface area contributed by atoms with E-state index in [-0.39, 0.29) is 36.4 Å². The minimum atomic E-state index is -5.03. The van der Waals surface area contributed by atoms with Crippen molar-refractivity contribution in [3.63, 3.8) is 0 Å². The van der Waals surface area contributed by atoms with E-state index in [1.165, 1.54) is 24.3 Å². The second kappa shape index (κ2) is 11.6. The number of aliphatic imine (C=N–C) groups is 1. The Bertz CT molecular complexity index is 1260. The zero-order chi connectivity index (χ0) is 29.4. The van der Waals surface area contributed by atoms with Crippen LogP contribution in [0.2, 0.25) is 0 Å². The van der Waals surface area contributed by atoms with Gasteiger partial charge in [-0.25, -0.2) is 9.38 Å². The van der Waals surface area contributed by atoms with Crippen molar-refractivity contribution < 1.29 is 45.4 Å². The Kier molecular flexibility index (Phi) is 8.28. The number of nitrogens with one attached hydrogen (secondary N) is 1. The lowest BCUT2D eigenvalue weighted by Gasteiger charge is -2.42. The number of rotatable bonds is 4. The second-order valence-corrected chi connectivity index (χ2v) is 9.96. The highest BCUT2D eigenvalue weighted by Crippen LogP contribution is 2.38. The van der Waals surface area contributed by atoms with Crippen LogP contribution in [0.4, 0.5) is 30.7 Å². The number of nitrogens with zero attached hydrogens (tertiary/aromatic N) is 3. The van der Waals surface area contributed by atoms with Gasteiger partial charge in [0.2, 0.25) is 0 Å². The molecule has 3 atom stereocenters. The van der Waals surface area contributed by atoms with Crippen LogP contribution in [0, 0.1) is 11.7 Å². The third-order valence-electron chi connectivity index (χ3n) is 7.23. The van der Waals surface area contributed by atoms with Crippen LogP contribution >= 0.6 is 0 Å². The Morgan fingerprint density at radius 2 is 1.59 bits per heavy atom. The number of hydrogen-bond donors (Lipinski definition) is 2. The molecule has 3 unspecified atom stereocenters. The minimum Gasteiger partial charge on any atom is -0.458 e. The van der Waals surface area contributed by atoms with E-state index in [0.29, 0.717) is 44.0 Å². The summed E-state index contributed by atoms with van der Waals surface area (Å²) in [4.78, 5) is 6.35. The first-order valence-corrected chi connectivity index (χ1v) is 12.9. The molecule has 7 nitrogen and oxygen atoms in total. The maximum Gasteiger partial charge on any atom is 0.416 e. The molecular weight excluding hydrogens is 561 g/mol. The van der Waals surface area contributed by atoms with E-state index in [1.807, 2.05) is 4.90 Å². The highest BCUT2D eigenvalue weighted by Gasteiger charge is 2.41. The van der Waals surface area contributed by atoms with E-state index >= 15 is 0 Å². The van der Waals surface area contributed by atoms with Crippen molar-refractivity contribution in [3.8, 4) is 0 Å². The number of hydrogen-bond acceptors (Lipinski definition) is 7.